The monoisotopic (exact) mass is 272 g/mol. The van der Waals surface area contributed by atoms with Crippen LogP contribution in [0, 0.1) is 10.1 Å². The highest BCUT2D eigenvalue weighted by Gasteiger charge is 2.13. The van der Waals surface area contributed by atoms with E-state index in [1.54, 1.807) is 7.05 Å². The Balaban J connectivity index is 2.67. The summed E-state index contributed by atoms with van der Waals surface area (Å²) >= 11 is 5.71. The minimum absolute atomic E-state index is 0.0196. The molecule has 98 valence electrons. The number of hydrogen-bond donors (Lipinski definition) is 0. The second-order valence-corrected chi connectivity index (χ2v) is 3.97. The van der Waals surface area contributed by atoms with Gasteiger partial charge in [-0.05, 0) is 13.0 Å². The molecule has 0 unspecified atom stereocenters. The Labute approximate surface area is 109 Å². The number of likely N-dealkylation sites (N-methyl/N-ethyl adjacent to an activating group) is 1. The third-order valence-corrected chi connectivity index (χ3v) is 2.68. The Kier molecular flexibility index (Phi) is 4.91. The molecule has 7 heteroatoms. The van der Waals surface area contributed by atoms with Crippen LogP contribution in [0.3, 0.4) is 0 Å². The number of carbonyl (C=O) groups excluding carboxylic acids is 1. The molecule has 1 amide bonds. The summed E-state index contributed by atoms with van der Waals surface area (Å²) < 4.78 is 5.21. The first-order chi connectivity index (χ1) is 8.45. The van der Waals surface area contributed by atoms with E-state index in [1.165, 1.54) is 23.1 Å². The Morgan fingerprint density at radius 2 is 2.22 bits per heavy atom. The zero-order valence-corrected chi connectivity index (χ0v) is 10.8. The molecule has 0 atom stereocenters. The van der Waals surface area contributed by atoms with Crippen LogP contribution in [-0.4, -0.2) is 35.9 Å². The van der Waals surface area contributed by atoms with Crippen LogP contribution in [0.2, 0.25) is 5.02 Å². The summed E-state index contributed by atoms with van der Waals surface area (Å²) in [7, 11) is 1.66. The van der Waals surface area contributed by atoms with Gasteiger partial charge in [0.05, 0.1) is 4.92 Å². The van der Waals surface area contributed by atoms with Gasteiger partial charge in [-0.3, -0.25) is 14.9 Å². The first-order valence-corrected chi connectivity index (χ1v) is 5.64. The van der Waals surface area contributed by atoms with Gasteiger partial charge in [0, 0.05) is 25.7 Å². The van der Waals surface area contributed by atoms with E-state index in [0.29, 0.717) is 12.3 Å². The molecule has 0 heterocycles. The molecule has 0 N–H and O–H groups in total. The van der Waals surface area contributed by atoms with Gasteiger partial charge in [0.1, 0.15) is 10.8 Å². The topological polar surface area (TPSA) is 72.7 Å². The molecule has 0 bridgehead atoms. The van der Waals surface area contributed by atoms with E-state index in [-0.39, 0.29) is 23.2 Å². The fourth-order valence-electron chi connectivity index (χ4n) is 1.16. The largest absolute Gasteiger partial charge is 0.484 e. The summed E-state index contributed by atoms with van der Waals surface area (Å²) in [4.78, 5) is 22.9. The van der Waals surface area contributed by atoms with Crippen molar-refractivity contribution in [2.24, 2.45) is 0 Å². The van der Waals surface area contributed by atoms with Crippen LogP contribution >= 0.6 is 11.6 Å². The third kappa shape index (κ3) is 3.59. The molecule has 1 aromatic carbocycles. The number of ether oxygens (including phenoxy) is 1. The van der Waals surface area contributed by atoms with E-state index in [9.17, 15) is 14.9 Å². The van der Waals surface area contributed by atoms with E-state index in [4.69, 9.17) is 16.3 Å². The van der Waals surface area contributed by atoms with Crippen molar-refractivity contribution in [3.8, 4) is 5.75 Å². The molecule has 1 aromatic rings. The number of nitrogens with zero attached hydrogens (tertiary/aromatic N) is 2. The summed E-state index contributed by atoms with van der Waals surface area (Å²) in [5.74, 6) is 0.149. The Morgan fingerprint density at radius 1 is 1.56 bits per heavy atom. The van der Waals surface area contributed by atoms with Gasteiger partial charge in [0.2, 0.25) is 0 Å². The maximum Gasteiger partial charge on any atom is 0.288 e. The highest BCUT2D eigenvalue weighted by atomic mass is 35.5. The van der Waals surface area contributed by atoms with Crippen LogP contribution in [0.25, 0.3) is 0 Å². The second-order valence-electron chi connectivity index (χ2n) is 3.57. The van der Waals surface area contributed by atoms with E-state index < -0.39 is 4.92 Å². The van der Waals surface area contributed by atoms with Crippen molar-refractivity contribution in [3.63, 3.8) is 0 Å². The van der Waals surface area contributed by atoms with Gasteiger partial charge in [0.25, 0.3) is 11.6 Å². The van der Waals surface area contributed by atoms with E-state index in [0.717, 1.165) is 0 Å². The minimum atomic E-state index is -0.581. The molecule has 0 radical (unpaired) electrons. The number of hydrogen-bond acceptors (Lipinski definition) is 4. The average molecular weight is 273 g/mol. The second kappa shape index (κ2) is 6.20. The first-order valence-electron chi connectivity index (χ1n) is 5.26. The number of carbonyl (C=O) groups is 1. The number of halogens is 1. The molecule has 0 fully saturated rings. The molecular formula is C11H13ClN2O4. The van der Waals surface area contributed by atoms with Crippen molar-refractivity contribution in [3.05, 3.63) is 33.3 Å². The van der Waals surface area contributed by atoms with E-state index in [2.05, 4.69) is 0 Å². The number of benzene rings is 1. The summed E-state index contributed by atoms with van der Waals surface area (Å²) in [5, 5.41) is 10.5. The lowest BCUT2D eigenvalue weighted by atomic mass is 10.3. The molecule has 0 aliphatic carbocycles. The summed E-state index contributed by atoms with van der Waals surface area (Å²) in [6, 6.07) is 3.97. The number of nitro benzene ring substituents is 1. The highest BCUT2D eigenvalue weighted by molar-refractivity contribution is 6.32. The van der Waals surface area contributed by atoms with Gasteiger partial charge in [-0.25, -0.2) is 0 Å². The Hall–Kier alpha value is -1.82. The zero-order valence-electron chi connectivity index (χ0n) is 10.1. The molecule has 0 spiro atoms. The standard InChI is InChI=1S/C11H13ClN2O4/c1-3-13(2)11(15)7-18-8-4-5-10(14(16)17)9(12)6-8/h4-6H,3,7H2,1-2H3. The molecule has 0 aliphatic rings. The van der Waals surface area contributed by atoms with Crippen LogP contribution in [0.5, 0.6) is 5.75 Å². The van der Waals surface area contributed by atoms with Gasteiger partial charge in [-0.1, -0.05) is 11.6 Å². The van der Waals surface area contributed by atoms with Crippen molar-refractivity contribution in [2.45, 2.75) is 6.92 Å². The van der Waals surface area contributed by atoms with Crippen LogP contribution in [0.15, 0.2) is 18.2 Å². The fraction of sp³-hybridized carbons (Fsp3) is 0.364. The molecule has 0 saturated carbocycles. The minimum Gasteiger partial charge on any atom is -0.484 e. The first kappa shape index (κ1) is 14.2. The predicted molar refractivity (Wildman–Crippen MR) is 66.9 cm³/mol. The lowest BCUT2D eigenvalue weighted by Crippen LogP contribution is -2.31. The smallest absolute Gasteiger partial charge is 0.288 e. The normalized spacial score (nSPS) is 9.94. The van der Waals surface area contributed by atoms with Gasteiger partial charge in [-0.15, -0.1) is 0 Å². The summed E-state index contributed by atoms with van der Waals surface area (Å²) in [6.45, 7) is 2.31. The van der Waals surface area contributed by atoms with Crippen LogP contribution in [-0.2, 0) is 4.79 Å². The molecule has 6 nitrogen and oxygen atoms in total. The predicted octanol–water partition coefficient (Wildman–Crippen LogP) is 2.11. The Morgan fingerprint density at radius 3 is 2.72 bits per heavy atom. The maximum absolute atomic E-state index is 11.5. The lowest BCUT2D eigenvalue weighted by molar-refractivity contribution is -0.384. The van der Waals surface area contributed by atoms with Crippen molar-refractivity contribution >= 4 is 23.2 Å². The van der Waals surface area contributed by atoms with Crippen LogP contribution in [0.1, 0.15) is 6.92 Å². The zero-order chi connectivity index (χ0) is 13.7. The molecule has 0 aromatic heterocycles. The molecule has 0 saturated heterocycles. The molecular weight excluding hydrogens is 260 g/mol. The number of amides is 1. The van der Waals surface area contributed by atoms with Gasteiger partial charge < -0.3 is 9.64 Å². The lowest BCUT2D eigenvalue weighted by Gasteiger charge is -2.14. The average Bonchev–Trinajstić information content (AvgIpc) is 2.34. The summed E-state index contributed by atoms with van der Waals surface area (Å²) in [6.07, 6.45) is 0. The van der Waals surface area contributed by atoms with Crippen molar-refractivity contribution in [2.75, 3.05) is 20.2 Å². The summed E-state index contributed by atoms with van der Waals surface area (Å²) in [5.41, 5.74) is -0.194. The Bertz CT molecular complexity index is 464. The number of nitro groups is 1. The third-order valence-electron chi connectivity index (χ3n) is 2.38. The van der Waals surface area contributed by atoms with E-state index >= 15 is 0 Å². The molecule has 18 heavy (non-hydrogen) atoms. The van der Waals surface area contributed by atoms with Crippen LogP contribution in [0.4, 0.5) is 5.69 Å². The van der Waals surface area contributed by atoms with E-state index in [1.807, 2.05) is 6.92 Å². The van der Waals surface area contributed by atoms with Crippen molar-refractivity contribution in [1.82, 2.24) is 4.90 Å². The SMILES string of the molecule is CCN(C)C(=O)COc1ccc([N+](=O)[O-])c(Cl)c1. The van der Waals surface area contributed by atoms with Gasteiger partial charge in [-0.2, -0.15) is 0 Å². The fourth-order valence-corrected chi connectivity index (χ4v) is 1.40. The van der Waals surface area contributed by atoms with Crippen molar-refractivity contribution < 1.29 is 14.5 Å². The van der Waals surface area contributed by atoms with Crippen LogP contribution < -0.4 is 4.74 Å². The van der Waals surface area contributed by atoms with Crippen molar-refractivity contribution in [1.29, 1.82) is 0 Å². The quantitative estimate of drug-likeness (QED) is 0.608. The van der Waals surface area contributed by atoms with Gasteiger partial charge in [0.15, 0.2) is 6.61 Å². The highest BCUT2D eigenvalue weighted by Crippen LogP contribution is 2.28. The maximum atomic E-state index is 11.5. The number of rotatable bonds is 5. The molecule has 1 rings (SSSR count). The molecule has 0 aliphatic heterocycles. The van der Waals surface area contributed by atoms with Gasteiger partial charge >= 0.3 is 0 Å².